The summed E-state index contributed by atoms with van der Waals surface area (Å²) in [7, 11) is 3.16. The van der Waals surface area contributed by atoms with Crippen LogP contribution in [-0.4, -0.2) is 50.8 Å². The second kappa shape index (κ2) is 8.78. The molecule has 0 fully saturated rings. The quantitative estimate of drug-likeness (QED) is 0.358. The first-order valence-electron chi connectivity index (χ1n) is 8.96. The number of hydrogen-bond donors (Lipinski definition) is 1. The summed E-state index contributed by atoms with van der Waals surface area (Å²) in [5.41, 5.74) is 2.45. The Balaban J connectivity index is 1.52. The molecule has 10 heteroatoms. The van der Waals surface area contributed by atoms with Gasteiger partial charge in [-0.15, -0.1) is 5.10 Å². The summed E-state index contributed by atoms with van der Waals surface area (Å²) in [4.78, 5) is 21.0. The van der Waals surface area contributed by atoms with Crippen LogP contribution in [0, 0.1) is 0 Å². The maximum absolute atomic E-state index is 12.4. The summed E-state index contributed by atoms with van der Waals surface area (Å²) in [6.07, 6.45) is 1.43. The smallest absolute Gasteiger partial charge is 0.234 e. The van der Waals surface area contributed by atoms with Gasteiger partial charge < -0.3 is 14.8 Å². The van der Waals surface area contributed by atoms with Crippen molar-refractivity contribution in [3.05, 3.63) is 54.9 Å². The van der Waals surface area contributed by atoms with Gasteiger partial charge >= 0.3 is 0 Å². The highest BCUT2D eigenvalue weighted by Crippen LogP contribution is 2.26. The summed E-state index contributed by atoms with van der Waals surface area (Å²) in [5.74, 6) is 1.27. The highest BCUT2D eigenvalue weighted by atomic mass is 32.2. The lowest BCUT2D eigenvalue weighted by Gasteiger charge is -2.09. The zero-order valence-corrected chi connectivity index (χ0v) is 17.1. The minimum Gasteiger partial charge on any atom is -0.497 e. The van der Waals surface area contributed by atoms with Gasteiger partial charge in [-0.25, -0.2) is 9.97 Å². The van der Waals surface area contributed by atoms with E-state index in [9.17, 15) is 4.79 Å². The molecule has 0 unspecified atom stereocenters. The lowest BCUT2D eigenvalue weighted by Crippen LogP contribution is -2.14. The van der Waals surface area contributed by atoms with Crippen molar-refractivity contribution >= 4 is 34.5 Å². The first kappa shape index (κ1) is 19.6. The Kier molecular flexibility index (Phi) is 5.75. The van der Waals surface area contributed by atoms with Crippen molar-refractivity contribution in [2.24, 2.45) is 0 Å². The molecule has 30 heavy (non-hydrogen) atoms. The van der Waals surface area contributed by atoms with Crippen LogP contribution < -0.4 is 14.8 Å². The molecule has 0 saturated heterocycles. The lowest BCUT2D eigenvalue weighted by molar-refractivity contribution is -0.113. The van der Waals surface area contributed by atoms with Gasteiger partial charge in [0.2, 0.25) is 5.91 Å². The van der Waals surface area contributed by atoms with Crippen molar-refractivity contribution in [3.8, 4) is 17.2 Å². The summed E-state index contributed by atoms with van der Waals surface area (Å²) in [6.45, 7) is 0. The van der Waals surface area contributed by atoms with E-state index in [1.54, 1.807) is 31.0 Å². The van der Waals surface area contributed by atoms with E-state index in [0.717, 1.165) is 5.69 Å². The maximum Gasteiger partial charge on any atom is 0.234 e. The van der Waals surface area contributed by atoms with Gasteiger partial charge in [-0.3, -0.25) is 4.79 Å². The van der Waals surface area contributed by atoms with Crippen LogP contribution in [-0.2, 0) is 4.79 Å². The summed E-state index contributed by atoms with van der Waals surface area (Å²) < 4.78 is 12.1. The largest absolute Gasteiger partial charge is 0.497 e. The number of aromatic nitrogens is 5. The monoisotopic (exact) mass is 422 g/mol. The third-order valence-electron chi connectivity index (χ3n) is 4.22. The van der Waals surface area contributed by atoms with Crippen LogP contribution in [0.25, 0.3) is 16.9 Å². The third kappa shape index (κ3) is 4.03. The standard InChI is InChI=1S/C20H18N6O3S/c1-28-14-7-5-6-13(10-14)26-19-18(24-25-26)20(22-12-21-19)30-11-17(27)23-15-8-3-4-9-16(15)29-2/h3-10,12H,11H2,1-2H3,(H,23,27). The predicted octanol–water partition coefficient (Wildman–Crippen LogP) is 2.96. The minimum atomic E-state index is -0.184. The van der Waals surface area contributed by atoms with Crippen molar-refractivity contribution in [1.29, 1.82) is 0 Å². The molecule has 1 amide bonds. The van der Waals surface area contributed by atoms with Crippen LogP contribution in [0.2, 0.25) is 0 Å². The summed E-state index contributed by atoms with van der Waals surface area (Å²) >= 11 is 1.26. The zero-order chi connectivity index (χ0) is 20.9. The van der Waals surface area contributed by atoms with Gasteiger partial charge in [-0.05, 0) is 24.3 Å². The molecular formula is C20H18N6O3S. The fourth-order valence-electron chi connectivity index (χ4n) is 2.82. The van der Waals surface area contributed by atoms with Crippen molar-refractivity contribution < 1.29 is 14.3 Å². The number of benzene rings is 2. The Hall–Kier alpha value is -3.66. The van der Waals surface area contributed by atoms with Gasteiger partial charge in [0.25, 0.3) is 0 Å². The number of rotatable bonds is 7. The molecular weight excluding hydrogens is 404 g/mol. The Bertz CT molecular complexity index is 1200. The van der Waals surface area contributed by atoms with Crippen LogP contribution in [0.15, 0.2) is 59.9 Å². The zero-order valence-electron chi connectivity index (χ0n) is 16.3. The van der Waals surface area contributed by atoms with Gasteiger partial charge in [-0.2, -0.15) is 4.68 Å². The molecule has 4 rings (SSSR count). The number of fused-ring (bicyclic) bond motifs is 1. The number of ether oxygens (including phenoxy) is 2. The van der Waals surface area contributed by atoms with Crippen LogP contribution in [0.3, 0.4) is 0 Å². The molecule has 0 aliphatic rings. The molecule has 9 nitrogen and oxygen atoms in total. The molecule has 2 aromatic heterocycles. The van der Waals surface area contributed by atoms with E-state index in [2.05, 4.69) is 25.6 Å². The number of thioether (sulfide) groups is 1. The van der Waals surface area contributed by atoms with E-state index in [1.165, 1.54) is 18.1 Å². The second-order valence-electron chi connectivity index (χ2n) is 6.09. The van der Waals surface area contributed by atoms with E-state index in [4.69, 9.17) is 9.47 Å². The summed E-state index contributed by atoms with van der Waals surface area (Å²) in [6, 6.07) is 14.7. The first-order chi connectivity index (χ1) is 14.7. The van der Waals surface area contributed by atoms with Crippen molar-refractivity contribution in [3.63, 3.8) is 0 Å². The maximum atomic E-state index is 12.4. The topological polar surface area (TPSA) is 104 Å². The molecule has 0 spiro atoms. The van der Waals surface area contributed by atoms with Crippen molar-refractivity contribution in [1.82, 2.24) is 25.0 Å². The van der Waals surface area contributed by atoms with Crippen LogP contribution in [0.5, 0.6) is 11.5 Å². The van der Waals surface area contributed by atoms with E-state index in [-0.39, 0.29) is 11.7 Å². The van der Waals surface area contributed by atoms with Crippen LogP contribution >= 0.6 is 11.8 Å². The van der Waals surface area contributed by atoms with Crippen LogP contribution in [0.1, 0.15) is 0 Å². The van der Waals surface area contributed by atoms with Gasteiger partial charge in [0.15, 0.2) is 11.2 Å². The highest BCUT2D eigenvalue weighted by Gasteiger charge is 2.15. The van der Waals surface area contributed by atoms with E-state index < -0.39 is 0 Å². The number of carbonyl (C=O) groups excluding carboxylic acids is 1. The SMILES string of the molecule is COc1cccc(-n2nnc3c(SCC(=O)Nc4ccccc4OC)ncnc32)c1. The second-order valence-corrected chi connectivity index (χ2v) is 7.05. The molecule has 0 saturated carbocycles. The fraction of sp³-hybridized carbons (Fsp3) is 0.150. The van der Waals surface area contributed by atoms with Crippen molar-refractivity contribution in [2.75, 3.05) is 25.3 Å². The number of hydrogen-bond acceptors (Lipinski definition) is 8. The molecule has 4 aromatic rings. The Morgan fingerprint density at radius 2 is 1.97 bits per heavy atom. The molecule has 2 aromatic carbocycles. The number of amides is 1. The molecule has 0 aliphatic heterocycles. The van der Waals surface area contributed by atoms with Gasteiger partial charge in [0.05, 0.1) is 31.3 Å². The Morgan fingerprint density at radius 3 is 2.80 bits per heavy atom. The van der Waals surface area contributed by atoms with E-state index >= 15 is 0 Å². The van der Waals surface area contributed by atoms with Crippen LogP contribution in [0.4, 0.5) is 5.69 Å². The molecule has 0 atom stereocenters. The Morgan fingerprint density at radius 1 is 1.10 bits per heavy atom. The summed E-state index contributed by atoms with van der Waals surface area (Å²) in [5, 5.41) is 11.8. The van der Waals surface area contributed by atoms with E-state index in [1.807, 2.05) is 36.4 Å². The molecule has 1 N–H and O–H groups in total. The van der Waals surface area contributed by atoms with Gasteiger partial charge in [0, 0.05) is 6.07 Å². The van der Waals surface area contributed by atoms with E-state index in [0.29, 0.717) is 33.4 Å². The number of para-hydroxylation sites is 2. The van der Waals surface area contributed by atoms with Gasteiger partial charge in [0.1, 0.15) is 22.9 Å². The number of methoxy groups -OCH3 is 2. The van der Waals surface area contributed by atoms with Crippen molar-refractivity contribution in [2.45, 2.75) is 5.03 Å². The predicted molar refractivity (Wildman–Crippen MR) is 113 cm³/mol. The fourth-order valence-corrected chi connectivity index (χ4v) is 3.55. The first-order valence-corrected chi connectivity index (χ1v) is 9.94. The Labute approximate surface area is 176 Å². The molecule has 2 heterocycles. The van der Waals surface area contributed by atoms with Gasteiger partial charge in [-0.1, -0.05) is 35.2 Å². The minimum absolute atomic E-state index is 0.149. The molecule has 0 radical (unpaired) electrons. The number of nitrogens with one attached hydrogen (secondary N) is 1. The average molecular weight is 422 g/mol. The number of nitrogens with zero attached hydrogens (tertiary/aromatic N) is 5. The number of carbonyl (C=O) groups is 1. The number of anilines is 1. The normalized spacial score (nSPS) is 10.7. The molecule has 0 aliphatic carbocycles. The molecule has 152 valence electrons. The average Bonchev–Trinajstić information content (AvgIpc) is 3.23. The third-order valence-corrected chi connectivity index (χ3v) is 5.20. The molecule has 0 bridgehead atoms. The lowest BCUT2D eigenvalue weighted by atomic mass is 10.3. The highest BCUT2D eigenvalue weighted by molar-refractivity contribution is 8.00.